The molecule has 1 aliphatic heterocycles. The first-order chi connectivity index (χ1) is 13.9. The minimum atomic E-state index is -0.544. The molecule has 0 spiro atoms. The third-order valence-corrected chi connectivity index (χ3v) is 4.80. The Bertz CT molecular complexity index is 911. The molecule has 8 heteroatoms. The highest BCUT2D eigenvalue weighted by atomic mass is 16.5. The van der Waals surface area contributed by atoms with Crippen molar-refractivity contribution in [1.29, 1.82) is 0 Å². The topological polar surface area (TPSA) is 91.0 Å². The highest BCUT2D eigenvalue weighted by Crippen LogP contribution is 2.26. The molecule has 0 aromatic heterocycles. The van der Waals surface area contributed by atoms with E-state index in [0.717, 1.165) is 5.69 Å². The first-order valence-corrected chi connectivity index (χ1v) is 9.21. The van der Waals surface area contributed by atoms with Gasteiger partial charge in [-0.2, -0.15) is 0 Å². The standard InChI is InChI=1S/C21H24N4O4/c1-24(2)17-6-4-5-14(11-17)20(27)22-23-21(28)15-12-19(26)25(13-15)16-7-9-18(29-3)10-8-16/h4-11,15H,12-13H2,1-3H3,(H,22,27)(H,23,28)/t15-/m0/s1. The maximum atomic E-state index is 12.4. The predicted molar refractivity (Wildman–Crippen MR) is 110 cm³/mol. The summed E-state index contributed by atoms with van der Waals surface area (Å²) in [4.78, 5) is 40.5. The fourth-order valence-electron chi connectivity index (χ4n) is 3.11. The van der Waals surface area contributed by atoms with Crippen molar-refractivity contribution in [3.05, 3.63) is 54.1 Å². The van der Waals surface area contributed by atoms with Crippen LogP contribution in [-0.4, -0.2) is 45.5 Å². The number of benzene rings is 2. The number of ether oxygens (including phenoxy) is 1. The van der Waals surface area contributed by atoms with Gasteiger partial charge in [0.2, 0.25) is 11.8 Å². The molecule has 29 heavy (non-hydrogen) atoms. The smallest absolute Gasteiger partial charge is 0.269 e. The zero-order valence-electron chi connectivity index (χ0n) is 16.6. The number of hydrazine groups is 1. The summed E-state index contributed by atoms with van der Waals surface area (Å²) in [6.45, 7) is 0.253. The van der Waals surface area contributed by atoms with Crippen LogP contribution in [0.15, 0.2) is 48.5 Å². The third-order valence-electron chi connectivity index (χ3n) is 4.80. The Morgan fingerprint density at radius 2 is 1.83 bits per heavy atom. The van der Waals surface area contributed by atoms with Gasteiger partial charge in [0, 0.05) is 44.0 Å². The average molecular weight is 396 g/mol. The molecule has 1 aliphatic rings. The van der Waals surface area contributed by atoms with Gasteiger partial charge in [-0.15, -0.1) is 0 Å². The van der Waals surface area contributed by atoms with Crippen LogP contribution in [-0.2, 0) is 9.59 Å². The van der Waals surface area contributed by atoms with Gasteiger partial charge in [-0.25, -0.2) is 0 Å². The van der Waals surface area contributed by atoms with E-state index in [0.29, 0.717) is 17.0 Å². The van der Waals surface area contributed by atoms with E-state index in [4.69, 9.17) is 4.74 Å². The summed E-state index contributed by atoms with van der Waals surface area (Å²) < 4.78 is 5.12. The van der Waals surface area contributed by atoms with Crippen LogP contribution in [0.4, 0.5) is 11.4 Å². The number of nitrogens with zero attached hydrogens (tertiary/aromatic N) is 2. The van der Waals surface area contributed by atoms with E-state index in [1.165, 1.54) is 0 Å². The molecule has 0 unspecified atom stereocenters. The van der Waals surface area contributed by atoms with Gasteiger partial charge in [0.1, 0.15) is 5.75 Å². The summed E-state index contributed by atoms with van der Waals surface area (Å²) in [5.41, 5.74) is 6.86. The van der Waals surface area contributed by atoms with Crippen molar-refractivity contribution < 1.29 is 19.1 Å². The zero-order chi connectivity index (χ0) is 21.0. The van der Waals surface area contributed by atoms with Crippen molar-refractivity contribution in [2.75, 3.05) is 37.5 Å². The molecule has 152 valence electrons. The Morgan fingerprint density at radius 3 is 2.48 bits per heavy atom. The van der Waals surface area contributed by atoms with Gasteiger partial charge in [-0.1, -0.05) is 6.07 Å². The van der Waals surface area contributed by atoms with Gasteiger partial charge in [0.15, 0.2) is 0 Å². The molecule has 3 rings (SSSR count). The van der Waals surface area contributed by atoms with Crippen molar-refractivity contribution in [1.82, 2.24) is 10.9 Å². The lowest BCUT2D eigenvalue weighted by molar-refractivity contribution is -0.126. The normalized spacial score (nSPS) is 15.8. The van der Waals surface area contributed by atoms with Crippen LogP contribution in [0, 0.1) is 5.92 Å². The SMILES string of the molecule is COc1ccc(N2C[C@@H](C(=O)NNC(=O)c3cccc(N(C)C)c3)CC2=O)cc1. The van der Waals surface area contributed by atoms with E-state index in [1.807, 2.05) is 25.1 Å². The number of carbonyl (C=O) groups is 3. The second-order valence-corrected chi connectivity index (χ2v) is 6.99. The monoisotopic (exact) mass is 396 g/mol. The van der Waals surface area contributed by atoms with Gasteiger partial charge < -0.3 is 14.5 Å². The summed E-state index contributed by atoms with van der Waals surface area (Å²) in [5, 5.41) is 0. The Morgan fingerprint density at radius 1 is 1.10 bits per heavy atom. The first kappa shape index (κ1) is 20.2. The number of methoxy groups -OCH3 is 1. The molecule has 2 aromatic rings. The van der Waals surface area contributed by atoms with Crippen LogP contribution >= 0.6 is 0 Å². The van der Waals surface area contributed by atoms with Crippen molar-refractivity contribution in [3.8, 4) is 5.75 Å². The van der Waals surface area contributed by atoms with Crippen LogP contribution in [0.1, 0.15) is 16.8 Å². The highest BCUT2D eigenvalue weighted by molar-refractivity contribution is 6.01. The van der Waals surface area contributed by atoms with Crippen molar-refractivity contribution >= 4 is 29.1 Å². The molecule has 0 saturated carbocycles. The summed E-state index contributed by atoms with van der Waals surface area (Å²) in [5.74, 6) is -0.807. The largest absolute Gasteiger partial charge is 0.497 e. The molecule has 1 atom stereocenters. The Labute approximate surface area is 169 Å². The van der Waals surface area contributed by atoms with E-state index >= 15 is 0 Å². The molecule has 0 radical (unpaired) electrons. The fourth-order valence-corrected chi connectivity index (χ4v) is 3.11. The van der Waals surface area contributed by atoms with Crippen molar-refractivity contribution in [2.45, 2.75) is 6.42 Å². The third kappa shape index (κ3) is 4.66. The molecule has 2 aromatic carbocycles. The summed E-state index contributed by atoms with van der Waals surface area (Å²) in [6, 6.07) is 14.1. The number of carbonyl (C=O) groups excluding carboxylic acids is 3. The van der Waals surface area contributed by atoms with Crippen LogP contribution in [0.5, 0.6) is 5.75 Å². The van der Waals surface area contributed by atoms with Crippen LogP contribution in [0.25, 0.3) is 0 Å². The molecule has 2 N–H and O–H groups in total. The van der Waals surface area contributed by atoms with E-state index in [-0.39, 0.29) is 18.9 Å². The number of hydrogen-bond acceptors (Lipinski definition) is 5. The minimum Gasteiger partial charge on any atom is -0.497 e. The molecule has 1 fully saturated rings. The number of amides is 3. The molecular formula is C21H24N4O4. The summed E-state index contributed by atoms with van der Waals surface area (Å²) >= 11 is 0. The lowest BCUT2D eigenvalue weighted by atomic mass is 10.1. The van der Waals surface area contributed by atoms with Crippen molar-refractivity contribution in [3.63, 3.8) is 0 Å². The van der Waals surface area contributed by atoms with Crippen molar-refractivity contribution in [2.24, 2.45) is 5.92 Å². The maximum absolute atomic E-state index is 12.4. The van der Waals surface area contributed by atoms with Gasteiger partial charge >= 0.3 is 0 Å². The molecular weight excluding hydrogens is 372 g/mol. The molecule has 1 heterocycles. The number of anilines is 2. The minimum absolute atomic E-state index is 0.0872. The highest BCUT2D eigenvalue weighted by Gasteiger charge is 2.35. The lowest BCUT2D eigenvalue weighted by Crippen LogP contribution is -2.45. The second kappa shape index (κ2) is 8.64. The summed E-state index contributed by atoms with van der Waals surface area (Å²) in [7, 11) is 5.33. The van der Waals surface area contributed by atoms with E-state index in [1.54, 1.807) is 54.5 Å². The summed E-state index contributed by atoms with van der Waals surface area (Å²) in [6.07, 6.45) is 0.0872. The predicted octanol–water partition coefficient (Wildman–Crippen LogP) is 1.58. The second-order valence-electron chi connectivity index (χ2n) is 6.99. The zero-order valence-corrected chi connectivity index (χ0v) is 16.6. The maximum Gasteiger partial charge on any atom is 0.269 e. The quantitative estimate of drug-likeness (QED) is 0.749. The molecule has 1 saturated heterocycles. The lowest BCUT2D eigenvalue weighted by Gasteiger charge is -2.17. The van der Waals surface area contributed by atoms with E-state index in [9.17, 15) is 14.4 Å². The van der Waals surface area contributed by atoms with Gasteiger partial charge in [-0.3, -0.25) is 25.2 Å². The first-order valence-electron chi connectivity index (χ1n) is 9.21. The molecule has 0 bridgehead atoms. The average Bonchev–Trinajstić information content (AvgIpc) is 3.13. The van der Waals surface area contributed by atoms with Gasteiger partial charge in [0.05, 0.1) is 13.0 Å². The van der Waals surface area contributed by atoms with Gasteiger partial charge in [-0.05, 0) is 42.5 Å². The number of nitrogens with one attached hydrogen (secondary N) is 2. The Kier molecular flexibility index (Phi) is 6.01. The number of rotatable bonds is 5. The Balaban J connectivity index is 1.57. The van der Waals surface area contributed by atoms with Crippen LogP contribution in [0.2, 0.25) is 0 Å². The van der Waals surface area contributed by atoms with Crippen LogP contribution < -0.4 is 25.4 Å². The Hall–Kier alpha value is -3.55. The molecule has 8 nitrogen and oxygen atoms in total. The fraction of sp³-hybridized carbons (Fsp3) is 0.286. The molecule has 3 amide bonds. The van der Waals surface area contributed by atoms with Gasteiger partial charge in [0.25, 0.3) is 5.91 Å². The van der Waals surface area contributed by atoms with E-state index in [2.05, 4.69) is 10.9 Å². The number of hydrogen-bond donors (Lipinski definition) is 2. The van der Waals surface area contributed by atoms with E-state index < -0.39 is 17.7 Å². The van der Waals surface area contributed by atoms with Crippen LogP contribution in [0.3, 0.4) is 0 Å². The molecule has 0 aliphatic carbocycles.